The fraction of sp³-hybridized carbons (Fsp3) is 0.167. The second-order valence-corrected chi connectivity index (χ2v) is 1.73. The van der Waals surface area contributed by atoms with Crippen LogP contribution < -0.4 is 5.73 Å². The number of amidine groups is 1. The predicted octanol–water partition coefficient (Wildman–Crippen LogP) is -0.257. The molecule has 0 aromatic carbocycles. The Morgan fingerprint density at radius 3 is 2.73 bits per heavy atom. The Morgan fingerprint density at radius 1 is 1.55 bits per heavy atom. The maximum atomic E-state index is 5.41. The summed E-state index contributed by atoms with van der Waals surface area (Å²) in [5.74, 6) is 0.544. The maximum absolute atomic E-state index is 5.41. The molecular formula is C6H8N4O. The molecule has 0 fully saturated rings. The summed E-state index contributed by atoms with van der Waals surface area (Å²) in [4.78, 5) is 12.1. The summed E-state index contributed by atoms with van der Waals surface area (Å²) in [6.45, 7) is 0. The van der Waals surface area contributed by atoms with E-state index in [9.17, 15) is 0 Å². The van der Waals surface area contributed by atoms with E-state index < -0.39 is 0 Å². The summed E-state index contributed by atoms with van der Waals surface area (Å²) in [6, 6.07) is 1.70. The Bertz CT molecular complexity index is 246. The molecule has 1 heterocycles. The largest absolute Gasteiger partial charge is 0.397 e. The van der Waals surface area contributed by atoms with Crippen molar-refractivity contribution in [1.29, 1.82) is 0 Å². The summed E-state index contributed by atoms with van der Waals surface area (Å²) in [6.07, 6.45) is 3.17. The van der Waals surface area contributed by atoms with Gasteiger partial charge in [-0.25, -0.2) is 9.97 Å². The average molecular weight is 152 g/mol. The summed E-state index contributed by atoms with van der Waals surface area (Å²) < 4.78 is 0. The minimum Gasteiger partial charge on any atom is -0.397 e. The number of aromatic nitrogens is 2. The third-order valence-electron chi connectivity index (χ3n) is 0.985. The van der Waals surface area contributed by atoms with E-state index in [1.54, 1.807) is 18.5 Å². The van der Waals surface area contributed by atoms with Crippen molar-refractivity contribution < 1.29 is 4.84 Å². The fourth-order valence-electron chi connectivity index (χ4n) is 0.571. The molecule has 0 atom stereocenters. The molecule has 0 aliphatic carbocycles. The predicted molar refractivity (Wildman–Crippen MR) is 39.8 cm³/mol. The number of hydrogen-bond acceptors (Lipinski definition) is 4. The molecule has 2 N–H and O–H groups in total. The average Bonchev–Trinajstić information content (AvgIpc) is 2.07. The Morgan fingerprint density at radius 2 is 2.18 bits per heavy atom. The number of oxime groups is 1. The Balaban J connectivity index is 2.85. The molecule has 5 heteroatoms. The molecule has 0 amide bonds. The van der Waals surface area contributed by atoms with Gasteiger partial charge in [0, 0.05) is 12.4 Å². The van der Waals surface area contributed by atoms with Crippen LogP contribution in [-0.4, -0.2) is 22.9 Å². The summed E-state index contributed by atoms with van der Waals surface area (Å²) in [7, 11) is 1.41. The quantitative estimate of drug-likeness (QED) is 0.360. The zero-order chi connectivity index (χ0) is 8.10. The van der Waals surface area contributed by atoms with Crippen LogP contribution in [0.25, 0.3) is 0 Å². The molecule has 0 spiro atoms. The molecule has 11 heavy (non-hydrogen) atoms. The van der Waals surface area contributed by atoms with Crippen molar-refractivity contribution >= 4 is 5.84 Å². The third kappa shape index (κ3) is 1.89. The second-order valence-electron chi connectivity index (χ2n) is 1.73. The van der Waals surface area contributed by atoms with Crippen molar-refractivity contribution in [2.24, 2.45) is 10.9 Å². The number of hydrogen-bond donors (Lipinski definition) is 1. The van der Waals surface area contributed by atoms with Crippen LogP contribution in [-0.2, 0) is 4.84 Å². The van der Waals surface area contributed by atoms with Gasteiger partial charge in [-0.05, 0) is 6.07 Å². The number of nitrogens with two attached hydrogens (primary N) is 1. The Kier molecular flexibility index (Phi) is 2.37. The van der Waals surface area contributed by atoms with Gasteiger partial charge in [0.1, 0.15) is 7.11 Å². The van der Waals surface area contributed by atoms with E-state index >= 15 is 0 Å². The van der Waals surface area contributed by atoms with Gasteiger partial charge >= 0.3 is 0 Å². The van der Waals surface area contributed by atoms with Gasteiger partial charge in [-0.15, -0.1) is 0 Å². The van der Waals surface area contributed by atoms with Crippen LogP contribution in [0.2, 0.25) is 0 Å². The first-order valence-electron chi connectivity index (χ1n) is 2.98. The monoisotopic (exact) mass is 152 g/mol. The standard InChI is InChI=1S/C6H8N4O/c1-11-10-5(7)6-8-3-2-4-9-6/h2-4H,1H3,(H2,7,10). The lowest BCUT2D eigenvalue weighted by molar-refractivity contribution is 0.213. The number of rotatable bonds is 2. The van der Waals surface area contributed by atoms with Crippen LogP contribution in [0.3, 0.4) is 0 Å². The van der Waals surface area contributed by atoms with Gasteiger partial charge in [-0.1, -0.05) is 5.16 Å². The molecule has 0 aliphatic heterocycles. The van der Waals surface area contributed by atoms with Crippen molar-refractivity contribution in [3.63, 3.8) is 0 Å². The van der Waals surface area contributed by atoms with Gasteiger partial charge in [0.15, 0.2) is 5.82 Å². The zero-order valence-corrected chi connectivity index (χ0v) is 6.06. The van der Waals surface area contributed by atoms with Crippen molar-refractivity contribution in [3.8, 4) is 0 Å². The van der Waals surface area contributed by atoms with Crippen LogP contribution in [0, 0.1) is 0 Å². The van der Waals surface area contributed by atoms with Crippen LogP contribution >= 0.6 is 0 Å². The van der Waals surface area contributed by atoms with Gasteiger partial charge in [-0.3, -0.25) is 0 Å². The van der Waals surface area contributed by atoms with E-state index in [4.69, 9.17) is 5.73 Å². The van der Waals surface area contributed by atoms with Crippen LogP contribution in [0.4, 0.5) is 0 Å². The molecule has 58 valence electrons. The van der Waals surface area contributed by atoms with Gasteiger partial charge in [0.2, 0.25) is 5.84 Å². The van der Waals surface area contributed by atoms with Crippen molar-refractivity contribution in [2.45, 2.75) is 0 Å². The molecule has 0 saturated heterocycles. The maximum Gasteiger partial charge on any atom is 0.208 e. The normalized spacial score (nSPS) is 11.2. The molecular weight excluding hydrogens is 144 g/mol. The molecule has 0 radical (unpaired) electrons. The lowest BCUT2D eigenvalue weighted by atomic mass is 10.5. The van der Waals surface area contributed by atoms with Crippen LogP contribution in [0.5, 0.6) is 0 Å². The van der Waals surface area contributed by atoms with E-state index in [-0.39, 0.29) is 5.84 Å². The first-order chi connectivity index (χ1) is 5.34. The van der Waals surface area contributed by atoms with Gasteiger partial charge in [0.05, 0.1) is 0 Å². The topological polar surface area (TPSA) is 73.4 Å². The van der Waals surface area contributed by atoms with Crippen molar-refractivity contribution in [3.05, 3.63) is 24.3 Å². The Hall–Kier alpha value is -1.65. The Labute approximate surface area is 63.9 Å². The number of nitrogens with zero attached hydrogens (tertiary/aromatic N) is 3. The molecule has 0 saturated carbocycles. The third-order valence-corrected chi connectivity index (χ3v) is 0.985. The highest BCUT2D eigenvalue weighted by Gasteiger charge is 1.98. The smallest absolute Gasteiger partial charge is 0.208 e. The lowest BCUT2D eigenvalue weighted by Gasteiger charge is -1.94. The summed E-state index contributed by atoms with van der Waals surface area (Å²) >= 11 is 0. The molecule has 0 bridgehead atoms. The summed E-state index contributed by atoms with van der Waals surface area (Å²) in [5, 5.41) is 3.46. The first kappa shape index (κ1) is 7.46. The van der Waals surface area contributed by atoms with E-state index in [1.165, 1.54) is 7.11 Å². The highest BCUT2D eigenvalue weighted by Crippen LogP contribution is 1.86. The minimum atomic E-state index is 0.174. The van der Waals surface area contributed by atoms with Crippen molar-refractivity contribution in [2.75, 3.05) is 7.11 Å². The van der Waals surface area contributed by atoms with E-state index in [0.29, 0.717) is 5.82 Å². The highest BCUT2D eigenvalue weighted by molar-refractivity contribution is 5.93. The molecule has 1 rings (SSSR count). The van der Waals surface area contributed by atoms with E-state index in [2.05, 4.69) is 20.0 Å². The van der Waals surface area contributed by atoms with Crippen LogP contribution in [0.15, 0.2) is 23.6 Å². The van der Waals surface area contributed by atoms with E-state index in [1.807, 2.05) is 0 Å². The SMILES string of the molecule is CO/N=C(\N)c1ncccn1. The molecule has 1 aromatic rings. The minimum absolute atomic E-state index is 0.174. The zero-order valence-electron chi connectivity index (χ0n) is 6.06. The summed E-state index contributed by atoms with van der Waals surface area (Å²) in [5.41, 5.74) is 5.41. The van der Waals surface area contributed by atoms with E-state index in [0.717, 1.165) is 0 Å². The molecule has 1 aromatic heterocycles. The first-order valence-corrected chi connectivity index (χ1v) is 2.98. The fourth-order valence-corrected chi connectivity index (χ4v) is 0.571. The van der Waals surface area contributed by atoms with Gasteiger partial charge in [0.25, 0.3) is 0 Å². The van der Waals surface area contributed by atoms with Crippen LogP contribution in [0.1, 0.15) is 5.82 Å². The van der Waals surface area contributed by atoms with Crippen molar-refractivity contribution in [1.82, 2.24) is 9.97 Å². The second kappa shape index (κ2) is 3.50. The molecule has 5 nitrogen and oxygen atoms in total. The highest BCUT2D eigenvalue weighted by atomic mass is 16.6. The van der Waals surface area contributed by atoms with Gasteiger partial charge < -0.3 is 10.6 Å². The van der Waals surface area contributed by atoms with Gasteiger partial charge in [-0.2, -0.15) is 0 Å². The molecule has 0 aliphatic rings. The molecule has 0 unspecified atom stereocenters. The lowest BCUT2D eigenvalue weighted by Crippen LogP contribution is -2.16.